The number of rotatable bonds is 4. The molecule has 3 rings (SSSR count). The minimum Gasteiger partial charge on any atom is -0.425 e. The lowest BCUT2D eigenvalue weighted by Gasteiger charge is -2.16. The molecule has 1 fully saturated rings. The van der Waals surface area contributed by atoms with Crippen molar-refractivity contribution in [1.82, 2.24) is 0 Å². The fourth-order valence-corrected chi connectivity index (χ4v) is 3.33. The number of benzene rings is 1. The third kappa shape index (κ3) is 2.94. The van der Waals surface area contributed by atoms with Gasteiger partial charge in [-0.2, -0.15) is 11.8 Å². The molecule has 1 saturated heterocycles. The van der Waals surface area contributed by atoms with Gasteiger partial charge in [-0.05, 0) is 35.9 Å². The van der Waals surface area contributed by atoms with Crippen molar-refractivity contribution >= 4 is 35.6 Å². The van der Waals surface area contributed by atoms with Crippen LogP contribution in [0.25, 0.3) is 5.57 Å². The second-order valence-electron chi connectivity index (χ2n) is 4.87. The highest BCUT2D eigenvalue weighted by Gasteiger charge is 2.33. The minimum absolute atomic E-state index is 0.0513. The maximum atomic E-state index is 14.3. The van der Waals surface area contributed by atoms with Gasteiger partial charge in [-0.25, -0.2) is 9.18 Å². The average Bonchev–Trinajstić information content (AvgIpc) is 2.89. The molecular formula is C15H14FNO4S. The van der Waals surface area contributed by atoms with E-state index >= 15 is 0 Å². The average molecular weight is 323 g/mol. The molecule has 22 heavy (non-hydrogen) atoms. The summed E-state index contributed by atoms with van der Waals surface area (Å²) in [5.74, 6) is 1.50. The Labute approximate surface area is 131 Å². The van der Waals surface area contributed by atoms with Crippen LogP contribution in [0.15, 0.2) is 24.3 Å². The normalized spacial score (nSPS) is 21.3. The van der Waals surface area contributed by atoms with Crippen LogP contribution in [-0.4, -0.2) is 36.9 Å². The first-order chi connectivity index (χ1) is 10.7. The van der Waals surface area contributed by atoms with Gasteiger partial charge in [0, 0.05) is 11.3 Å². The Balaban J connectivity index is 1.81. The molecule has 2 heterocycles. The predicted octanol–water partition coefficient (Wildman–Crippen LogP) is 2.80. The van der Waals surface area contributed by atoms with Gasteiger partial charge in [0.2, 0.25) is 0 Å². The summed E-state index contributed by atoms with van der Waals surface area (Å²) in [6.07, 6.45) is 1.25. The highest BCUT2D eigenvalue weighted by molar-refractivity contribution is 7.99. The van der Waals surface area contributed by atoms with Crippen LogP contribution in [0.5, 0.6) is 0 Å². The van der Waals surface area contributed by atoms with Crippen LogP contribution in [0.4, 0.5) is 14.9 Å². The van der Waals surface area contributed by atoms with E-state index in [9.17, 15) is 14.0 Å². The molecule has 1 aromatic carbocycles. The number of anilines is 1. The lowest BCUT2D eigenvalue weighted by atomic mass is 10.0. The second-order valence-corrected chi connectivity index (χ2v) is 6.02. The Morgan fingerprint density at radius 1 is 1.45 bits per heavy atom. The summed E-state index contributed by atoms with van der Waals surface area (Å²) in [6.45, 7) is 0.272. The molecule has 5 nitrogen and oxygen atoms in total. The highest BCUT2D eigenvalue weighted by Crippen LogP contribution is 2.31. The van der Waals surface area contributed by atoms with Gasteiger partial charge in [-0.15, -0.1) is 0 Å². The molecule has 0 bridgehead atoms. The molecule has 116 valence electrons. The molecular weight excluding hydrogens is 309 g/mol. The molecule has 0 aromatic heterocycles. The van der Waals surface area contributed by atoms with Gasteiger partial charge >= 0.3 is 6.09 Å². The number of carbonyl (C=O) groups excluding carboxylic acids is 2. The fraction of sp³-hybridized carbons (Fsp3) is 0.333. The number of thioether (sulfide) groups is 1. The van der Waals surface area contributed by atoms with Gasteiger partial charge in [0.15, 0.2) is 0 Å². The number of hydrogen-bond acceptors (Lipinski definition) is 5. The quantitative estimate of drug-likeness (QED) is 0.798. The third-order valence-electron chi connectivity index (χ3n) is 3.57. The van der Waals surface area contributed by atoms with E-state index in [2.05, 4.69) is 4.74 Å². The number of carbonyl (C=O) groups is 2. The SMILES string of the molecule is O=CO[C@H]1CN(c2ccc(C3=CCSCC3)c(F)c2)C(=O)O1. The molecule has 0 radical (unpaired) electrons. The van der Waals surface area contributed by atoms with Gasteiger partial charge in [0.25, 0.3) is 12.8 Å². The highest BCUT2D eigenvalue weighted by atomic mass is 32.2. The van der Waals surface area contributed by atoms with Crippen molar-refractivity contribution in [2.75, 3.05) is 23.0 Å². The number of hydrogen-bond donors (Lipinski definition) is 0. The second kappa shape index (κ2) is 6.39. The lowest BCUT2D eigenvalue weighted by Crippen LogP contribution is -2.25. The standard InChI is InChI=1S/C15H14FNO4S/c16-13-7-11(17-8-14(20-9-18)21-15(17)19)1-2-12(13)10-3-5-22-6-4-10/h1-3,7,9,14H,4-6,8H2/t14-/m1/s1. The van der Waals surface area contributed by atoms with Crippen LogP contribution in [-0.2, 0) is 14.3 Å². The van der Waals surface area contributed by atoms with E-state index < -0.39 is 12.4 Å². The van der Waals surface area contributed by atoms with Crippen molar-refractivity contribution in [3.63, 3.8) is 0 Å². The summed E-state index contributed by atoms with van der Waals surface area (Å²) in [5, 5.41) is 0. The van der Waals surface area contributed by atoms with Gasteiger partial charge in [-0.3, -0.25) is 9.69 Å². The summed E-state index contributed by atoms with van der Waals surface area (Å²) >= 11 is 1.82. The molecule has 2 aliphatic heterocycles. The summed E-state index contributed by atoms with van der Waals surface area (Å²) in [6, 6.07) is 4.65. The van der Waals surface area contributed by atoms with Crippen LogP contribution in [0.3, 0.4) is 0 Å². The maximum absolute atomic E-state index is 14.3. The van der Waals surface area contributed by atoms with Crippen molar-refractivity contribution in [3.05, 3.63) is 35.7 Å². The smallest absolute Gasteiger partial charge is 0.417 e. The zero-order chi connectivity index (χ0) is 15.5. The Kier molecular flexibility index (Phi) is 4.33. The third-order valence-corrected chi connectivity index (χ3v) is 4.46. The molecule has 0 aliphatic carbocycles. The maximum Gasteiger partial charge on any atom is 0.417 e. The Morgan fingerprint density at radius 2 is 2.32 bits per heavy atom. The van der Waals surface area contributed by atoms with Crippen molar-refractivity contribution in [2.45, 2.75) is 12.7 Å². The molecule has 0 spiro atoms. The number of cyclic esters (lactones) is 1. The Morgan fingerprint density at radius 3 is 3.00 bits per heavy atom. The monoisotopic (exact) mass is 323 g/mol. The molecule has 1 atom stereocenters. The number of allylic oxidation sites excluding steroid dienone is 1. The van der Waals surface area contributed by atoms with Gasteiger partial charge < -0.3 is 9.47 Å². The van der Waals surface area contributed by atoms with Gasteiger partial charge in [0.1, 0.15) is 12.4 Å². The van der Waals surface area contributed by atoms with Crippen molar-refractivity contribution in [1.29, 1.82) is 0 Å². The molecule has 7 heteroatoms. The zero-order valence-electron chi connectivity index (χ0n) is 11.7. The Hall–Kier alpha value is -2.02. The molecule has 1 amide bonds. The van der Waals surface area contributed by atoms with Crippen molar-refractivity contribution < 1.29 is 23.5 Å². The molecule has 0 unspecified atom stereocenters. The first-order valence-corrected chi connectivity index (χ1v) is 7.98. The summed E-state index contributed by atoms with van der Waals surface area (Å²) < 4.78 is 23.8. The van der Waals surface area contributed by atoms with Gasteiger partial charge in [-0.1, -0.05) is 6.08 Å². The number of amides is 1. The van der Waals surface area contributed by atoms with E-state index in [-0.39, 0.29) is 18.8 Å². The van der Waals surface area contributed by atoms with E-state index in [4.69, 9.17) is 4.74 Å². The first kappa shape index (κ1) is 14.9. The molecule has 0 saturated carbocycles. The molecule has 1 aromatic rings. The lowest BCUT2D eigenvalue weighted by molar-refractivity contribution is -0.146. The van der Waals surface area contributed by atoms with E-state index in [1.165, 1.54) is 11.0 Å². The van der Waals surface area contributed by atoms with Crippen LogP contribution in [0.2, 0.25) is 0 Å². The van der Waals surface area contributed by atoms with Gasteiger partial charge in [0.05, 0.1) is 5.69 Å². The van der Waals surface area contributed by atoms with E-state index in [1.54, 1.807) is 12.1 Å². The summed E-state index contributed by atoms with van der Waals surface area (Å²) in [7, 11) is 0. The first-order valence-electron chi connectivity index (χ1n) is 6.83. The fourth-order valence-electron chi connectivity index (χ4n) is 2.48. The topological polar surface area (TPSA) is 55.8 Å². The van der Waals surface area contributed by atoms with E-state index in [0.717, 1.165) is 23.5 Å². The molecule has 0 N–H and O–H groups in total. The summed E-state index contributed by atoms with van der Waals surface area (Å²) in [4.78, 5) is 23.3. The van der Waals surface area contributed by atoms with Crippen LogP contribution in [0.1, 0.15) is 12.0 Å². The van der Waals surface area contributed by atoms with Crippen LogP contribution >= 0.6 is 11.8 Å². The number of halogens is 1. The van der Waals surface area contributed by atoms with E-state index in [1.807, 2.05) is 17.8 Å². The number of ether oxygens (including phenoxy) is 2. The molecule has 2 aliphatic rings. The minimum atomic E-state index is -0.953. The predicted molar refractivity (Wildman–Crippen MR) is 81.1 cm³/mol. The largest absolute Gasteiger partial charge is 0.425 e. The summed E-state index contributed by atoms with van der Waals surface area (Å²) in [5.41, 5.74) is 1.94. The Bertz CT molecular complexity index is 634. The van der Waals surface area contributed by atoms with E-state index in [0.29, 0.717) is 11.3 Å². The van der Waals surface area contributed by atoms with Crippen LogP contribution in [0, 0.1) is 5.82 Å². The zero-order valence-corrected chi connectivity index (χ0v) is 12.5. The van der Waals surface area contributed by atoms with Crippen molar-refractivity contribution in [2.24, 2.45) is 0 Å². The number of nitrogens with zero attached hydrogens (tertiary/aromatic N) is 1. The van der Waals surface area contributed by atoms with Crippen molar-refractivity contribution in [3.8, 4) is 0 Å². The van der Waals surface area contributed by atoms with Crippen LogP contribution < -0.4 is 4.90 Å².